The number of aliphatic hydroxyl groups is 1. The lowest BCUT2D eigenvalue weighted by Crippen LogP contribution is -2.65. The second-order valence-electron chi connectivity index (χ2n) is 15.3. The molecule has 0 radical (unpaired) electrons. The highest BCUT2D eigenvalue weighted by atomic mass is 16.7. The molecule has 2 N–H and O–H groups in total. The first kappa shape index (κ1) is 45.4. The van der Waals surface area contributed by atoms with Gasteiger partial charge in [0.15, 0.2) is 6.29 Å². The standard InChI is InChI=1S/C46H54N6O10/c1-31(35-22-14-7-15-23-35)52(46(56)60-30-34-20-12-6-13-21-34)27-36-24-25-37(48-44(54)58-28-32-16-8-4-9-17-32)43(61-36)62-42-38(49-50-47)26-39(57-3)40(41(42)53)51(2)45(55)59-29-33-18-10-5-11-19-33/h4-23,31,36-43,53H,24-30H2,1-3H3,(H,48,54)/t31-,36+,37-,38+,39+,40-,41-,42-,43-/m1/s1. The monoisotopic (exact) mass is 850 g/mol. The van der Waals surface area contributed by atoms with E-state index < -0.39 is 73.2 Å². The Bertz CT molecular complexity index is 2060. The van der Waals surface area contributed by atoms with E-state index in [1.165, 1.54) is 19.1 Å². The van der Waals surface area contributed by atoms with Crippen LogP contribution in [0.1, 0.15) is 54.5 Å². The van der Waals surface area contributed by atoms with Crippen LogP contribution in [0.15, 0.2) is 126 Å². The van der Waals surface area contributed by atoms with E-state index in [1.54, 1.807) is 4.90 Å². The minimum atomic E-state index is -1.49. The van der Waals surface area contributed by atoms with Crippen molar-refractivity contribution >= 4 is 18.3 Å². The minimum Gasteiger partial charge on any atom is -0.445 e. The first-order valence-corrected chi connectivity index (χ1v) is 20.6. The average molecular weight is 851 g/mol. The Hall–Kier alpha value is -6.16. The molecule has 1 saturated heterocycles. The summed E-state index contributed by atoms with van der Waals surface area (Å²) in [6.07, 6.45) is -6.68. The second kappa shape index (κ2) is 22.6. The molecule has 328 valence electrons. The maximum atomic E-state index is 13.9. The Labute approximate surface area is 361 Å². The topological polar surface area (TPSA) is 194 Å². The van der Waals surface area contributed by atoms with Crippen LogP contribution in [0.4, 0.5) is 14.4 Å². The summed E-state index contributed by atoms with van der Waals surface area (Å²) in [6, 6.07) is 34.0. The molecule has 9 atom stereocenters. The molecule has 0 aromatic heterocycles. The van der Waals surface area contributed by atoms with Gasteiger partial charge in [0.25, 0.3) is 0 Å². The highest BCUT2D eigenvalue weighted by Gasteiger charge is 2.50. The van der Waals surface area contributed by atoms with Gasteiger partial charge < -0.3 is 43.7 Å². The smallest absolute Gasteiger partial charge is 0.410 e. The van der Waals surface area contributed by atoms with Crippen LogP contribution in [-0.4, -0.2) is 103 Å². The van der Waals surface area contributed by atoms with Crippen molar-refractivity contribution in [3.63, 3.8) is 0 Å². The zero-order chi connectivity index (χ0) is 43.8. The van der Waals surface area contributed by atoms with Gasteiger partial charge in [0.05, 0.1) is 49.0 Å². The molecule has 0 spiro atoms. The molecule has 16 nitrogen and oxygen atoms in total. The van der Waals surface area contributed by atoms with Crippen molar-refractivity contribution in [3.05, 3.63) is 154 Å². The molecule has 2 aliphatic rings. The van der Waals surface area contributed by atoms with E-state index >= 15 is 0 Å². The minimum absolute atomic E-state index is 0.00349. The van der Waals surface area contributed by atoms with Crippen LogP contribution in [0.3, 0.4) is 0 Å². The number of rotatable bonds is 16. The van der Waals surface area contributed by atoms with Crippen LogP contribution in [0.25, 0.3) is 10.4 Å². The van der Waals surface area contributed by atoms with Crippen molar-refractivity contribution in [3.8, 4) is 0 Å². The predicted molar refractivity (Wildman–Crippen MR) is 227 cm³/mol. The van der Waals surface area contributed by atoms with Gasteiger partial charge in [0.2, 0.25) is 0 Å². The molecule has 4 aromatic carbocycles. The van der Waals surface area contributed by atoms with E-state index in [1.807, 2.05) is 128 Å². The molecule has 16 heteroatoms. The lowest BCUT2D eigenvalue weighted by atomic mass is 9.83. The molecule has 1 aliphatic carbocycles. The van der Waals surface area contributed by atoms with Crippen LogP contribution in [0, 0.1) is 0 Å². The third kappa shape index (κ3) is 12.2. The van der Waals surface area contributed by atoms with E-state index in [-0.39, 0.29) is 32.8 Å². The summed E-state index contributed by atoms with van der Waals surface area (Å²) in [6.45, 7) is 2.05. The number of alkyl carbamates (subject to hydrolysis) is 1. The van der Waals surface area contributed by atoms with Gasteiger partial charge in [-0.3, -0.25) is 4.90 Å². The molecule has 1 aliphatic heterocycles. The number of carbonyl (C=O) groups excluding carboxylic acids is 3. The summed E-state index contributed by atoms with van der Waals surface area (Å²) in [5.74, 6) is 0. The Balaban J connectivity index is 1.24. The number of benzene rings is 4. The van der Waals surface area contributed by atoms with Gasteiger partial charge in [-0.05, 0) is 54.0 Å². The quantitative estimate of drug-likeness (QED) is 0.0489. The number of nitrogens with zero attached hydrogens (tertiary/aromatic N) is 5. The van der Waals surface area contributed by atoms with Crippen molar-refractivity contribution in [2.24, 2.45) is 5.11 Å². The molecular formula is C46H54N6O10. The SMILES string of the molecule is CO[C@H]1C[C@H](N=[N+]=[N-])[C@@H](O[C@H]2O[C@H](CN(C(=O)OCc3ccccc3)[C@H](C)c3ccccc3)CC[C@H]2NC(=O)OCc2ccccc2)[C@H](O)[C@@H]1N(C)C(=O)OCc1ccccc1. The number of amides is 3. The summed E-state index contributed by atoms with van der Waals surface area (Å²) < 4.78 is 36.0. The summed E-state index contributed by atoms with van der Waals surface area (Å²) in [4.78, 5) is 46.5. The number of hydrogen-bond acceptors (Lipinski definition) is 11. The third-order valence-corrected chi connectivity index (χ3v) is 11.2. The number of carbonyl (C=O) groups is 3. The molecular weight excluding hydrogens is 797 g/mol. The molecule has 1 heterocycles. The number of likely N-dealkylation sites (N-methyl/N-ethyl adjacent to an activating group) is 1. The fraction of sp³-hybridized carbons (Fsp3) is 0.413. The maximum absolute atomic E-state index is 13.9. The number of nitrogens with one attached hydrogen (secondary N) is 1. The lowest BCUT2D eigenvalue weighted by molar-refractivity contribution is -0.258. The van der Waals surface area contributed by atoms with Crippen LogP contribution in [0.5, 0.6) is 0 Å². The second-order valence-corrected chi connectivity index (χ2v) is 15.3. The molecule has 0 bridgehead atoms. The van der Waals surface area contributed by atoms with Gasteiger partial charge in [-0.25, -0.2) is 14.4 Å². The number of methoxy groups -OCH3 is 1. The summed E-state index contributed by atoms with van der Waals surface area (Å²) in [7, 11) is 2.92. The van der Waals surface area contributed by atoms with Gasteiger partial charge in [-0.15, -0.1) is 0 Å². The van der Waals surface area contributed by atoms with Gasteiger partial charge in [-0.2, -0.15) is 0 Å². The Kier molecular flexibility index (Phi) is 16.5. The van der Waals surface area contributed by atoms with Gasteiger partial charge in [-0.1, -0.05) is 126 Å². The van der Waals surface area contributed by atoms with E-state index in [9.17, 15) is 25.0 Å². The van der Waals surface area contributed by atoms with E-state index in [2.05, 4.69) is 15.3 Å². The average Bonchev–Trinajstić information content (AvgIpc) is 3.31. The highest BCUT2D eigenvalue weighted by Crippen LogP contribution is 2.34. The predicted octanol–water partition coefficient (Wildman–Crippen LogP) is 7.67. The third-order valence-electron chi connectivity index (χ3n) is 11.2. The van der Waals surface area contributed by atoms with Crippen molar-refractivity contribution in [2.45, 2.75) is 101 Å². The lowest BCUT2D eigenvalue weighted by Gasteiger charge is -2.48. The van der Waals surface area contributed by atoms with E-state index in [0.29, 0.717) is 12.8 Å². The highest BCUT2D eigenvalue weighted by molar-refractivity contribution is 5.69. The van der Waals surface area contributed by atoms with Gasteiger partial charge in [0.1, 0.15) is 25.9 Å². The number of aliphatic hydroxyl groups excluding tert-OH is 1. The van der Waals surface area contributed by atoms with Crippen LogP contribution < -0.4 is 5.32 Å². The fourth-order valence-electron chi connectivity index (χ4n) is 7.81. The molecule has 4 aromatic rings. The summed E-state index contributed by atoms with van der Waals surface area (Å²) in [5.41, 5.74) is 12.9. The summed E-state index contributed by atoms with van der Waals surface area (Å²) >= 11 is 0. The van der Waals surface area contributed by atoms with Gasteiger partial charge >= 0.3 is 18.3 Å². The van der Waals surface area contributed by atoms with E-state index in [0.717, 1.165) is 22.3 Å². The van der Waals surface area contributed by atoms with Crippen molar-refractivity contribution < 1.29 is 47.9 Å². The van der Waals surface area contributed by atoms with Crippen LogP contribution in [-0.2, 0) is 48.2 Å². The van der Waals surface area contributed by atoms with Crippen LogP contribution >= 0.6 is 0 Å². The van der Waals surface area contributed by atoms with Crippen molar-refractivity contribution in [2.75, 3.05) is 20.7 Å². The van der Waals surface area contributed by atoms with Crippen LogP contribution in [0.2, 0.25) is 0 Å². The molecule has 1 saturated carbocycles. The summed E-state index contributed by atoms with van der Waals surface area (Å²) in [5, 5.41) is 18.9. The zero-order valence-electron chi connectivity index (χ0n) is 35.1. The normalized spacial score (nSPS) is 23.7. The molecule has 2 fully saturated rings. The number of hydrogen-bond donors (Lipinski definition) is 2. The Morgan fingerprint density at radius 3 is 1.90 bits per heavy atom. The molecule has 3 amide bonds. The zero-order valence-corrected chi connectivity index (χ0v) is 35.1. The fourth-order valence-corrected chi connectivity index (χ4v) is 7.81. The first-order chi connectivity index (χ1) is 30.1. The first-order valence-electron chi connectivity index (χ1n) is 20.6. The molecule has 0 unspecified atom stereocenters. The maximum Gasteiger partial charge on any atom is 0.410 e. The van der Waals surface area contributed by atoms with E-state index in [4.69, 9.17) is 28.4 Å². The van der Waals surface area contributed by atoms with Crippen molar-refractivity contribution in [1.29, 1.82) is 0 Å². The molecule has 62 heavy (non-hydrogen) atoms. The molecule has 6 rings (SSSR count). The number of azide groups is 1. The number of ether oxygens (including phenoxy) is 6. The van der Waals surface area contributed by atoms with Crippen molar-refractivity contribution in [1.82, 2.24) is 15.1 Å². The Morgan fingerprint density at radius 1 is 0.823 bits per heavy atom. The largest absolute Gasteiger partial charge is 0.445 e. The Morgan fingerprint density at radius 2 is 1.35 bits per heavy atom. The van der Waals surface area contributed by atoms with Gasteiger partial charge in [0, 0.05) is 19.1 Å².